The summed E-state index contributed by atoms with van der Waals surface area (Å²) in [6.45, 7) is -0.309. The highest BCUT2D eigenvalue weighted by atomic mass is 19.1. The Morgan fingerprint density at radius 3 is 2.64 bits per heavy atom. The van der Waals surface area contributed by atoms with Crippen LogP contribution in [0.3, 0.4) is 0 Å². The van der Waals surface area contributed by atoms with Crippen molar-refractivity contribution in [2.45, 2.75) is 6.42 Å². The number of halogens is 1. The molecule has 2 rings (SSSR count). The molecule has 0 saturated carbocycles. The lowest BCUT2D eigenvalue weighted by atomic mass is 10.1. The van der Waals surface area contributed by atoms with Crippen LogP contribution in [-0.4, -0.2) is 16.2 Å². The topological polar surface area (TPSA) is 17.8 Å². The highest BCUT2D eigenvalue weighted by molar-refractivity contribution is 5.34. The number of hydrogen-bond donors (Lipinski definition) is 0. The number of imidazole rings is 1. The highest BCUT2D eigenvalue weighted by Gasteiger charge is 1.96. The van der Waals surface area contributed by atoms with Gasteiger partial charge in [0.25, 0.3) is 0 Å². The molecule has 14 heavy (non-hydrogen) atoms. The van der Waals surface area contributed by atoms with E-state index in [0.717, 1.165) is 11.3 Å². The van der Waals surface area contributed by atoms with Crippen LogP contribution in [0.1, 0.15) is 5.56 Å². The van der Waals surface area contributed by atoms with Crippen LogP contribution in [0.15, 0.2) is 36.7 Å². The van der Waals surface area contributed by atoms with Gasteiger partial charge in [0.2, 0.25) is 0 Å². The second kappa shape index (κ2) is 4.05. The lowest BCUT2D eigenvalue weighted by Crippen LogP contribution is -1.92. The summed E-state index contributed by atoms with van der Waals surface area (Å²) < 4.78 is 13.8. The predicted molar refractivity (Wildman–Crippen MR) is 52.1 cm³/mol. The Kier molecular flexibility index (Phi) is 2.58. The van der Waals surface area contributed by atoms with Crippen LogP contribution in [0, 0.1) is 6.33 Å². The van der Waals surface area contributed by atoms with Crippen molar-refractivity contribution < 1.29 is 4.39 Å². The van der Waals surface area contributed by atoms with Crippen LogP contribution in [0.25, 0.3) is 5.69 Å². The van der Waals surface area contributed by atoms with Crippen LogP contribution in [0.2, 0.25) is 0 Å². The van der Waals surface area contributed by atoms with E-state index in [1.54, 1.807) is 10.8 Å². The van der Waals surface area contributed by atoms with Crippen molar-refractivity contribution in [3.05, 3.63) is 48.5 Å². The average molecular weight is 189 g/mol. The predicted octanol–water partition coefficient (Wildman–Crippen LogP) is 2.18. The van der Waals surface area contributed by atoms with E-state index >= 15 is 0 Å². The summed E-state index contributed by atoms with van der Waals surface area (Å²) in [5.41, 5.74) is 2.00. The van der Waals surface area contributed by atoms with E-state index in [-0.39, 0.29) is 6.67 Å². The van der Waals surface area contributed by atoms with Crippen LogP contribution in [0.5, 0.6) is 0 Å². The lowest BCUT2D eigenvalue weighted by molar-refractivity contribution is 0.495. The smallest absolute Gasteiger partial charge is 0.181 e. The van der Waals surface area contributed by atoms with Crippen LogP contribution in [-0.2, 0) is 6.42 Å². The minimum Gasteiger partial charge on any atom is -0.297 e. The van der Waals surface area contributed by atoms with Gasteiger partial charge in [-0.05, 0) is 17.7 Å². The molecule has 0 aliphatic rings. The minimum absolute atomic E-state index is 0.309. The molecular formula is C11H10FN2. The van der Waals surface area contributed by atoms with Gasteiger partial charge in [-0.3, -0.25) is 8.96 Å². The van der Waals surface area contributed by atoms with E-state index < -0.39 is 0 Å². The molecule has 2 nitrogen and oxygen atoms in total. The molecule has 1 radical (unpaired) electrons. The summed E-state index contributed by atoms with van der Waals surface area (Å²) in [4.78, 5) is 3.84. The third-order valence-electron chi connectivity index (χ3n) is 2.05. The first-order chi connectivity index (χ1) is 6.90. The van der Waals surface area contributed by atoms with Gasteiger partial charge in [0.15, 0.2) is 6.33 Å². The molecule has 0 spiro atoms. The molecule has 2 aromatic rings. The highest BCUT2D eigenvalue weighted by Crippen LogP contribution is 2.09. The Bertz CT molecular complexity index is 378. The molecule has 0 N–H and O–H groups in total. The molecule has 0 aliphatic carbocycles. The van der Waals surface area contributed by atoms with Gasteiger partial charge >= 0.3 is 0 Å². The molecule has 1 aromatic heterocycles. The SMILES string of the molecule is FCCc1ccc(-n2[c]ncc2)cc1. The van der Waals surface area contributed by atoms with E-state index in [9.17, 15) is 4.39 Å². The van der Waals surface area contributed by atoms with Gasteiger partial charge in [-0.15, -0.1) is 0 Å². The monoisotopic (exact) mass is 189 g/mol. The number of rotatable bonds is 3. The second-order valence-corrected chi connectivity index (χ2v) is 3.00. The fraction of sp³-hybridized carbons (Fsp3) is 0.182. The number of hydrogen-bond acceptors (Lipinski definition) is 1. The van der Waals surface area contributed by atoms with Crippen molar-refractivity contribution in [2.24, 2.45) is 0 Å². The first kappa shape index (κ1) is 8.94. The molecule has 0 fully saturated rings. The third-order valence-corrected chi connectivity index (χ3v) is 2.05. The quantitative estimate of drug-likeness (QED) is 0.723. The van der Waals surface area contributed by atoms with Crippen molar-refractivity contribution in [1.29, 1.82) is 0 Å². The summed E-state index contributed by atoms with van der Waals surface area (Å²) in [5.74, 6) is 0. The maximum atomic E-state index is 12.0. The van der Waals surface area contributed by atoms with E-state index in [1.807, 2.05) is 30.5 Å². The van der Waals surface area contributed by atoms with Gasteiger partial charge in [-0.1, -0.05) is 12.1 Å². The summed E-state index contributed by atoms with van der Waals surface area (Å²) in [6, 6.07) is 7.71. The number of aromatic nitrogens is 2. The molecular weight excluding hydrogens is 179 g/mol. The van der Waals surface area contributed by atoms with E-state index in [1.165, 1.54) is 0 Å². The normalized spacial score (nSPS) is 10.4. The molecule has 0 atom stereocenters. The molecule has 3 heteroatoms. The first-order valence-corrected chi connectivity index (χ1v) is 4.46. The maximum Gasteiger partial charge on any atom is 0.181 e. The Morgan fingerprint density at radius 2 is 2.07 bits per heavy atom. The number of nitrogens with zero attached hydrogens (tertiary/aromatic N) is 2. The average Bonchev–Trinajstić information content (AvgIpc) is 2.72. The summed E-state index contributed by atoms with van der Waals surface area (Å²) in [5, 5.41) is 0. The van der Waals surface area contributed by atoms with E-state index in [2.05, 4.69) is 11.3 Å². The third kappa shape index (κ3) is 1.82. The fourth-order valence-electron chi connectivity index (χ4n) is 1.30. The fourth-order valence-corrected chi connectivity index (χ4v) is 1.30. The van der Waals surface area contributed by atoms with Crippen LogP contribution in [0.4, 0.5) is 4.39 Å². The van der Waals surface area contributed by atoms with E-state index in [0.29, 0.717) is 6.42 Å². The van der Waals surface area contributed by atoms with Gasteiger partial charge < -0.3 is 0 Å². The molecule has 0 aliphatic heterocycles. The number of alkyl halides is 1. The van der Waals surface area contributed by atoms with Gasteiger partial charge in [0.1, 0.15) is 0 Å². The van der Waals surface area contributed by atoms with Gasteiger partial charge in [0, 0.05) is 24.5 Å². The first-order valence-electron chi connectivity index (χ1n) is 4.46. The zero-order valence-electron chi connectivity index (χ0n) is 7.65. The lowest BCUT2D eigenvalue weighted by Gasteiger charge is -2.02. The minimum atomic E-state index is -0.309. The van der Waals surface area contributed by atoms with Crippen LogP contribution >= 0.6 is 0 Å². The molecule has 0 saturated heterocycles. The second-order valence-electron chi connectivity index (χ2n) is 3.00. The number of benzene rings is 1. The molecule has 1 heterocycles. The molecule has 0 bridgehead atoms. The van der Waals surface area contributed by atoms with Gasteiger partial charge in [-0.2, -0.15) is 0 Å². The van der Waals surface area contributed by atoms with Crippen LogP contribution < -0.4 is 0 Å². The largest absolute Gasteiger partial charge is 0.297 e. The summed E-state index contributed by atoms with van der Waals surface area (Å²) in [6.07, 6.45) is 6.78. The molecule has 1 aromatic carbocycles. The molecule has 0 unspecified atom stereocenters. The number of aryl methyl sites for hydroxylation is 1. The summed E-state index contributed by atoms with van der Waals surface area (Å²) in [7, 11) is 0. The van der Waals surface area contributed by atoms with Crippen molar-refractivity contribution in [3.63, 3.8) is 0 Å². The summed E-state index contributed by atoms with van der Waals surface area (Å²) >= 11 is 0. The van der Waals surface area contributed by atoms with Gasteiger partial charge in [-0.25, -0.2) is 4.98 Å². The van der Waals surface area contributed by atoms with E-state index in [4.69, 9.17) is 0 Å². The zero-order chi connectivity index (χ0) is 9.80. The molecule has 71 valence electrons. The van der Waals surface area contributed by atoms with Gasteiger partial charge in [0.05, 0.1) is 6.67 Å². The van der Waals surface area contributed by atoms with Crippen molar-refractivity contribution in [3.8, 4) is 5.69 Å². The standard InChI is InChI=1S/C11H10FN2/c12-6-5-10-1-3-11(4-2-10)14-8-7-13-9-14/h1-4,7-8H,5-6H2. The Morgan fingerprint density at radius 1 is 1.29 bits per heavy atom. The maximum absolute atomic E-state index is 12.0. The Labute approximate surface area is 82.0 Å². The van der Waals surface area contributed by atoms with Crippen molar-refractivity contribution in [2.75, 3.05) is 6.67 Å². The zero-order valence-corrected chi connectivity index (χ0v) is 7.65. The Balaban J connectivity index is 2.22. The molecule has 0 amide bonds. The Hall–Kier alpha value is -1.64. The van der Waals surface area contributed by atoms with Crippen molar-refractivity contribution in [1.82, 2.24) is 9.55 Å². The van der Waals surface area contributed by atoms with Crippen molar-refractivity contribution >= 4 is 0 Å².